The lowest BCUT2D eigenvalue weighted by Gasteiger charge is -2.11. The van der Waals surface area contributed by atoms with Gasteiger partial charge in [-0.3, -0.25) is 4.98 Å². The molecule has 0 aliphatic carbocycles. The van der Waals surface area contributed by atoms with Crippen LogP contribution in [0.5, 0.6) is 17.2 Å². The van der Waals surface area contributed by atoms with Gasteiger partial charge < -0.3 is 24.3 Å². The Bertz CT molecular complexity index is 1520. The number of carbonyl (C=O) groups is 1. The number of thioether (sulfide) groups is 1. The molecule has 2 aromatic carbocycles. The number of fused-ring (bicyclic) bond motifs is 1. The van der Waals surface area contributed by atoms with Crippen molar-refractivity contribution in [3.05, 3.63) is 66.0 Å². The number of methoxy groups -OCH3 is 3. The Morgan fingerprint density at radius 2 is 1.54 bits per heavy atom. The van der Waals surface area contributed by atoms with Crippen LogP contribution in [0.3, 0.4) is 0 Å². The molecule has 0 fully saturated rings. The van der Waals surface area contributed by atoms with E-state index < -0.39 is 16.0 Å². The van der Waals surface area contributed by atoms with Gasteiger partial charge in [-0.25, -0.2) is 22.2 Å². The number of ether oxygens (including phenoxy) is 4. The van der Waals surface area contributed by atoms with Crippen molar-refractivity contribution in [1.82, 2.24) is 19.3 Å². The van der Waals surface area contributed by atoms with E-state index in [1.807, 2.05) is 27.9 Å². The summed E-state index contributed by atoms with van der Waals surface area (Å²) in [6.07, 6.45) is 5.35. The number of nitrogens with zero attached hydrogens (tertiary/aromatic N) is 3. The molecule has 4 rings (SSSR count). The molecule has 13 heteroatoms. The summed E-state index contributed by atoms with van der Waals surface area (Å²) < 4.78 is 47.8. The largest absolute Gasteiger partial charge is 0.497 e. The Balaban J connectivity index is 0.000000376. The zero-order valence-corrected chi connectivity index (χ0v) is 26.1. The van der Waals surface area contributed by atoms with E-state index >= 15 is 0 Å². The monoisotopic (exact) mass is 604 g/mol. The molecule has 11 nitrogen and oxygen atoms in total. The van der Waals surface area contributed by atoms with E-state index in [1.165, 1.54) is 54.2 Å². The smallest absolute Gasteiger partial charge is 0.343 e. The molecule has 41 heavy (non-hydrogen) atoms. The summed E-state index contributed by atoms with van der Waals surface area (Å²) in [6, 6.07) is 10.9. The van der Waals surface area contributed by atoms with Crippen LogP contribution in [0.15, 0.2) is 64.9 Å². The molecule has 0 saturated carbocycles. The Morgan fingerprint density at radius 1 is 0.951 bits per heavy atom. The predicted molar refractivity (Wildman–Crippen MR) is 160 cm³/mol. The third-order valence-electron chi connectivity index (χ3n) is 5.38. The number of aryl methyl sites for hydroxylation is 2. The molecular weight excluding hydrogens is 568 g/mol. The first-order valence-corrected chi connectivity index (χ1v) is 14.9. The maximum atomic E-state index is 13.3. The maximum Gasteiger partial charge on any atom is 0.343 e. The second-order valence-electron chi connectivity index (χ2n) is 8.37. The summed E-state index contributed by atoms with van der Waals surface area (Å²) in [5.41, 5.74) is 3.14. The van der Waals surface area contributed by atoms with Crippen LogP contribution in [0.4, 0.5) is 0 Å². The first-order valence-electron chi connectivity index (χ1n) is 12.3. The molecule has 1 N–H and O–H groups in total. The Kier molecular flexibility index (Phi) is 12.9. The first kappa shape index (κ1) is 33.4. The summed E-state index contributed by atoms with van der Waals surface area (Å²) in [6.45, 7) is 3.71. The minimum Gasteiger partial charge on any atom is -0.497 e. The van der Waals surface area contributed by atoms with Gasteiger partial charge in [0.1, 0.15) is 17.2 Å². The third-order valence-corrected chi connectivity index (χ3v) is 7.85. The number of esters is 1. The van der Waals surface area contributed by atoms with Gasteiger partial charge in [-0.1, -0.05) is 11.8 Å². The molecular formula is C28H36N4O7S2. The van der Waals surface area contributed by atoms with Crippen LogP contribution in [0, 0.1) is 13.8 Å². The van der Waals surface area contributed by atoms with E-state index in [4.69, 9.17) is 14.2 Å². The van der Waals surface area contributed by atoms with Crippen LogP contribution in [0.2, 0.25) is 0 Å². The van der Waals surface area contributed by atoms with Crippen molar-refractivity contribution in [2.45, 2.75) is 23.9 Å². The summed E-state index contributed by atoms with van der Waals surface area (Å²) in [5.74, 6) is 1.30. The lowest BCUT2D eigenvalue weighted by Crippen LogP contribution is -2.14. The number of hydrogen-bond acceptors (Lipinski definition) is 11. The fourth-order valence-corrected chi connectivity index (χ4v) is 5.84. The summed E-state index contributed by atoms with van der Waals surface area (Å²) in [5, 5.41) is 3.09. The highest BCUT2D eigenvalue weighted by molar-refractivity contribution is 7.99. The Morgan fingerprint density at radius 3 is 2.02 bits per heavy atom. The fraction of sp³-hybridized carbons (Fsp3) is 0.321. The topological polar surface area (TPSA) is 131 Å². The predicted octanol–water partition coefficient (Wildman–Crippen LogP) is 4.10. The SMILES string of the molecule is CNC.COC(=O)COc1ccc(S(=O)(=O)n2c(SC)nc3ccc(OC)cc32)cc1.COc1c(C)cncc1C. The minimum absolute atomic E-state index is 0.0651. The van der Waals surface area contributed by atoms with Crippen molar-refractivity contribution >= 4 is 38.8 Å². The van der Waals surface area contributed by atoms with Crippen LogP contribution in [0.25, 0.3) is 11.0 Å². The van der Waals surface area contributed by atoms with Crippen molar-refractivity contribution < 1.29 is 32.2 Å². The molecule has 0 unspecified atom stereocenters. The van der Waals surface area contributed by atoms with E-state index in [0.717, 1.165) is 16.9 Å². The third kappa shape index (κ3) is 8.59. The average molecular weight is 605 g/mol. The van der Waals surface area contributed by atoms with Crippen molar-refractivity contribution in [2.75, 3.05) is 48.3 Å². The minimum atomic E-state index is -3.91. The zero-order chi connectivity index (χ0) is 30.6. The maximum absolute atomic E-state index is 13.3. The molecule has 0 atom stereocenters. The van der Waals surface area contributed by atoms with Gasteiger partial charge in [0, 0.05) is 29.6 Å². The number of hydrogen-bond donors (Lipinski definition) is 1. The Hall–Kier alpha value is -3.81. The number of benzene rings is 2. The van der Waals surface area contributed by atoms with E-state index in [0.29, 0.717) is 27.7 Å². The number of imidazole rings is 1. The van der Waals surface area contributed by atoms with Crippen molar-refractivity contribution in [2.24, 2.45) is 0 Å². The van der Waals surface area contributed by atoms with Crippen LogP contribution < -0.4 is 19.5 Å². The number of rotatable bonds is 8. The molecule has 0 aliphatic rings. The van der Waals surface area contributed by atoms with E-state index in [2.05, 4.69) is 20.0 Å². The highest BCUT2D eigenvalue weighted by Crippen LogP contribution is 2.30. The quantitative estimate of drug-likeness (QED) is 0.230. The van der Waals surface area contributed by atoms with Gasteiger partial charge in [-0.15, -0.1) is 0 Å². The summed E-state index contributed by atoms with van der Waals surface area (Å²) >= 11 is 1.23. The number of nitrogens with one attached hydrogen (secondary N) is 1. The molecule has 2 aromatic heterocycles. The van der Waals surface area contributed by atoms with Gasteiger partial charge in [-0.2, -0.15) is 0 Å². The van der Waals surface area contributed by atoms with Crippen molar-refractivity contribution in [3.63, 3.8) is 0 Å². The molecule has 0 amide bonds. The highest BCUT2D eigenvalue weighted by atomic mass is 32.2. The molecule has 0 spiro atoms. The van der Waals surface area contributed by atoms with Crippen LogP contribution in [-0.4, -0.2) is 76.6 Å². The second kappa shape index (κ2) is 15.8. The Labute approximate surface area is 245 Å². The van der Waals surface area contributed by atoms with Crippen molar-refractivity contribution in [1.29, 1.82) is 0 Å². The number of aromatic nitrogens is 3. The standard InChI is InChI=1S/C18H18N2O6S2.C8H11NO.C2H7N/c1-24-13-6-9-15-16(10-13)20(18(19-15)27-3)28(22,23)14-7-4-12(5-8-14)26-11-17(21)25-2;1-6-4-9-5-7(2)8(6)10-3;1-3-2/h4-10H,11H2,1-3H3;4-5H,1-3H3;3H,1-2H3. The molecule has 0 saturated heterocycles. The lowest BCUT2D eigenvalue weighted by atomic mass is 10.2. The highest BCUT2D eigenvalue weighted by Gasteiger charge is 2.24. The zero-order valence-electron chi connectivity index (χ0n) is 24.4. The van der Waals surface area contributed by atoms with Crippen molar-refractivity contribution in [3.8, 4) is 17.2 Å². The van der Waals surface area contributed by atoms with Crippen LogP contribution in [0.1, 0.15) is 11.1 Å². The summed E-state index contributed by atoms with van der Waals surface area (Å²) in [4.78, 5) is 19.6. The molecule has 222 valence electrons. The molecule has 4 aromatic rings. The van der Waals surface area contributed by atoms with Crippen LogP contribution >= 0.6 is 11.8 Å². The van der Waals surface area contributed by atoms with Gasteiger partial charge >= 0.3 is 5.97 Å². The number of pyridine rings is 1. The first-order chi connectivity index (χ1) is 19.6. The van der Waals surface area contributed by atoms with Gasteiger partial charge in [0.25, 0.3) is 10.0 Å². The molecule has 2 heterocycles. The van der Waals surface area contributed by atoms with Crippen LogP contribution in [-0.2, 0) is 19.6 Å². The molecule has 0 aliphatic heterocycles. The van der Waals surface area contributed by atoms with E-state index in [1.54, 1.807) is 44.0 Å². The van der Waals surface area contributed by atoms with E-state index in [-0.39, 0.29) is 11.5 Å². The number of carbonyl (C=O) groups excluding carboxylic acids is 1. The van der Waals surface area contributed by atoms with Gasteiger partial charge in [0.2, 0.25) is 0 Å². The fourth-order valence-electron chi connectivity index (χ4n) is 3.53. The van der Waals surface area contributed by atoms with E-state index in [9.17, 15) is 13.2 Å². The average Bonchev–Trinajstić information content (AvgIpc) is 3.36. The van der Waals surface area contributed by atoms with Gasteiger partial charge in [-0.05, 0) is 70.6 Å². The second-order valence-corrected chi connectivity index (χ2v) is 10.9. The molecule has 0 radical (unpaired) electrons. The van der Waals surface area contributed by atoms with Gasteiger partial charge in [0.05, 0.1) is 37.3 Å². The van der Waals surface area contributed by atoms with Gasteiger partial charge in [0.15, 0.2) is 11.8 Å². The lowest BCUT2D eigenvalue weighted by molar-refractivity contribution is -0.142. The summed E-state index contributed by atoms with van der Waals surface area (Å²) in [7, 11) is 4.29. The normalized spacial score (nSPS) is 10.5. The molecule has 0 bridgehead atoms.